The Labute approximate surface area is 112 Å². The molecule has 0 aliphatic heterocycles. The first-order chi connectivity index (χ1) is 9.15. The molecule has 0 radical (unpaired) electrons. The van der Waals surface area contributed by atoms with Gasteiger partial charge in [-0.1, -0.05) is 36.4 Å². The van der Waals surface area contributed by atoms with E-state index in [1.165, 1.54) is 17.7 Å². The van der Waals surface area contributed by atoms with E-state index in [0.29, 0.717) is 6.42 Å². The quantitative estimate of drug-likeness (QED) is 0.877. The number of carbonyl (C=O) groups excluding carboxylic acids is 1. The molecule has 1 amide bonds. The predicted molar refractivity (Wildman–Crippen MR) is 74.0 cm³/mol. The second kappa shape index (κ2) is 6.14. The van der Waals surface area contributed by atoms with Gasteiger partial charge in [-0.25, -0.2) is 4.39 Å². The highest BCUT2D eigenvalue weighted by Gasteiger charge is 2.00. The van der Waals surface area contributed by atoms with Crippen molar-refractivity contribution in [3.8, 4) is 11.1 Å². The van der Waals surface area contributed by atoms with Crippen molar-refractivity contribution in [3.05, 3.63) is 59.9 Å². The standard InChI is InChI=1S/C16H16FNO/c17-15-10-8-14(9-11-15)13-6-4-12(5-7-13)2-1-3-16(18)19/h4-11H,1-3H2,(H2,18,19). The Bertz CT molecular complexity index is 546. The van der Waals surface area contributed by atoms with Crippen LogP contribution in [0.1, 0.15) is 18.4 Å². The van der Waals surface area contributed by atoms with Crippen LogP contribution in [0.5, 0.6) is 0 Å². The Balaban J connectivity index is 2.02. The van der Waals surface area contributed by atoms with Crippen molar-refractivity contribution in [2.45, 2.75) is 19.3 Å². The molecule has 0 saturated carbocycles. The van der Waals surface area contributed by atoms with Gasteiger partial charge in [0, 0.05) is 6.42 Å². The van der Waals surface area contributed by atoms with Crippen molar-refractivity contribution in [1.29, 1.82) is 0 Å². The molecule has 0 heterocycles. The normalized spacial score (nSPS) is 10.4. The van der Waals surface area contributed by atoms with Gasteiger partial charge in [0.25, 0.3) is 0 Å². The summed E-state index contributed by atoms with van der Waals surface area (Å²) in [6.45, 7) is 0. The number of aryl methyl sites for hydroxylation is 1. The molecule has 0 unspecified atom stereocenters. The van der Waals surface area contributed by atoms with Crippen LogP contribution in [0.3, 0.4) is 0 Å². The molecule has 0 fully saturated rings. The molecule has 2 N–H and O–H groups in total. The SMILES string of the molecule is NC(=O)CCCc1ccc(-c2ccc(F)cc2)cc1. The van der Waals surface area contributed by atoms with E-state index in [1.54, 1.807) is 12.1 Å². The molecule has 2 rings (SSSR count). The number of amides is 1. The second-order valence-electron chi connectivity index (χ2n) is 4.52. The van der Waals surface area contributed by atoms with Gasteiger partial charge in [-0.2, -0.15) is 0 Å². The Morgan fingerprint density at radius 1 is 0.947 bits per heavy atom. The Morgan fingerprint density at radius 2 is 1.47 bits per heavy atom. The van der Waals surface area contributed by atoms with Crippen LogP contribution in [-0.2, 0) is 11.2 Å². The zero-order valence-corrected chi connectivity index (χ0v) is 10.6. The molecule has 2 aromatic carbocycles. The third-order valence-corrected chi connectivity index (χ3v) is 3.02. The number of hydrogen-bond donors (Lipinski definition) is 1. The minimum Gasteiger partial charge on any atom is -0.370 e. The van der Waals surface area contributed by atoms with Crippen molar-refractivity contribution < 1.29 is 9.18 Å². The van der Waals surface area contributed by atoms with Crippen LogP contribution in [0.25, 0.3) is 11.1 Å². The van der Waals surface area contributed by atoms with E-state index in [-0.39, 0.29) is 11.7 Å². The number of primary amides is 1. The largest absolute Gasteiger partial charge is 0.370 e. The maximum Gasteiger partial charge on any atom is 0.217 e. The van der Waals surface area contributed by atoms with Gasteiger partial charge in [0.05, 0.1) is 0 Å². The van der Waals surface area contributed by atoms with E-state index in [9.17, 15) is 9.18 Å². The van der Waals surface area contributed by atoms with Gasteiger partial charge < -0.3 is 5.73 Å². The Hall–Kier alpha value is -2.16. The number of hydrogen-bond acceptors (Lipinski definition) is 1. The van der Waals surface area contributed by atoms with Gasteiger partial charge in [0.15, 0.2) is 0 Å². The van der Waals surface area contributed by atoms with Gasteiger partial charge in [-0.3, -0.25) is 4.79 Å². The number of halogens is 1. The summed E-state index contributed by atoms with van der Waals surface area (Å²) in [5.74, 6) is -0.491. The summed E-state index contributed by atoms with van der Waals surface area (Å²) < 4.78 is 12.8. The number of rotatable bonds is 5. The molecular weight excluding hydrogens is 241 g/mol. The third-order valence-electron chi connectivity index (χ3n) is 3.02. The monoisotopic (exact) mass is 257 g/mol. The minimum absolute atomic E-state index is 0.230. The van der Waals surface area contributed by atoms with E-state index < -0.39 is 0 Å². The zero-order valence-electron chi connectivity index (χ0n) is 10.6. The van der Waals surface area contributed by atoms with Crippen molar-refractivity contribution >= 4 is 5.91 Å². The summed E-state index contributed by atoms with van der Waals surface area (Å²) >= 11 is 0. The fourth-order valence-corrected chi connectivity index (χ4v) is 1.97. The minimum atomic E-state index is -0.261. The summed E-state index contributed by atoms with van der Waals surface area (Å²) in [4.78, 5) is 10.6. The lowest BCUT2D eigenvalue weighted by Crippen LogP contribution is -2.10. The Kier molecular flexibility index (Phi) is 4.29. The topological polar surface area (TPSA) is 43.1 Å². The van der Waals surface area contributed by atoms with Crippen LogP contribution in [0.2, 0.25) is 0 Å². The van der Waals surface area contributed by atoms with Crippen LogP contribution < -0.4 is 5.73 Å². The summed E-state index contributed by atoms with van der Waals surface area (Å²) in [5, 5.41) is 0. The molecule has 2 nitrogen and oxygen atoms in total. The molecular formula is C16H16FNO. The lowest BCUT2D eigenvalue weighted by atomic mass is 10.0. The molecule has 0 saturated heterocycles. The number of nitrogens with two attached hydrogens (primary N) is 1. The van der Waals surface area contributed by atoms with Crippen LogP contribution in [0, 0.1) is 5.82 Å². The van der Waals surface area contributed by atoms with Crippen molar-refractivity contribution in [2.24, 2.45) is 5.73 Å². The molecule has 2 aromatic rings. The first-order valence-electron chi connectivity index (χ1n) is 6.28. The van der Waals surface area contributed by atoms with Gasteiger partial charge in [0.1, 0.15) is 5.82 Å². The molecule has 0 aliphatic rings. The van der Waals surface area contributed by atoms with Crippen LogP contribution in [0.15, 0.2) is 48.5 Å². The van der Waals surface area contributed by atoms with Crippen LogP contribution in [-0.4, -0.2) is 5.91 Å². The fourth-order valence-electron chi connectivity index (χ4n) is 1.97. The first-order valence-corrected chi connectivity index (χ1v) is 6.28. The second-order valence-corrected chi connectivity index (χ2v) is 4.52. The van der Waals surface area contributed by atoms with Gasteiger partial charge >= 0.3 is 0 Å². The molecule has 0 spiro atoms. The fraction of sp³-hybridized carbons (Fsp3) is 0.188. The van der Waals surface area contributed by atoms with Gasteiger partial charge in [-0.15, -0.1) is 0 Å². The average Bonchev–Trinajstić information content (AvgIpc) is 2.40. The van der Waals surface area contributed by atoms with E-state index in [4.69, 9.17) is 5.73 Å². The summed E-state index contributed by atoms with van der Waals surface area (Å²) in [6.07, 6.45) is 2.03. The van der Waals surface area contributed by atoms with E-state index in [1.807, 2.05) is 24.3 Å². The van der Waals surface area contributed by atoms with E-state index in [0.717, 1.165) is 24.0 Å². The highest BCUT2D eigenvalue weighted by Crippen LogP contribution is 2.20. The number of benzene rings is 2. The van der Waals surface area contributed by atoms with Crippen molar-refractivity contribution in [1.82, 2.24) is 0 Å². The van der Waals surface area contributed by atoms with Crippen LogP contribution in [0.4, 0.5) is 4.39 Å². The maximum atomic E-state index is 12.8. The molecule has 0 bridgehead atoms. The maximum absolute atomic E-state index is 12.8. The molecule has 0 aromatic heterocycles. The molecule has 19 heavy (non-hydrogen) atoms. The summed E-state index contributed by atoms with van der Waals surface area (Å²) in [7, 11) is 0. The lowest BCUT2D eigenvalue weighted by Gasteiger charge is -2.04. The summed E-state index contributed by atoms with van der Waals surface area (Å²) in [5.41, 5.74) is 8.32. The van der Waals surface area contributed by atoms with Gasteiger partial charge in [0.2, 0.25) is 5.91 Å². The molecule has 98 valence electrons. The van der Waals surface area contributed by atoms with Gasteiger partial charge in [-0.05, 0) is 41.7 Å². The molecule has 0 atom stereocenters. The first kappa shape index (κ1) is 13.3. The average molecular weight is 257 g/mol. The summed E-state index contributed by atoms with van der Waals surface area (Å²) in [6, 6.07) is 14.5. The van der Waals surface area contributed by atoms with E-state index in [2.05, 4.69) is 0 Å². The van der Waals surface area contributed by atoms with Crippen LogP contribution >= 0.6 is 0 Å². The highest BCUT2D eigenvalue weighted by atomic mass is 19.1. The predicted octanol–water partition coefficient (Wildman–Crippen LogP) is 3.30. The highest BCUT2D eigenvalue weighted by molar-refractivity contribution is 5.73. The molecule has 0 aliphatic carbocycles. The zero-order chi connectivity index (χ0) is 13.7. The third kappa shape index (κ3) is 3.91. The molecule has 3 heteroatoms. The van der Waals surface area contributed by atoms with E-state index >= 15 is 0 Å². The van der Waals surface area contributed by atoms with Crippen molar-refractivity contribution in [2.75, 3.05) is 0 Å². The Morgan fingerprint density at radius 3 is 2.00 bits per heavy atom. The number of carbonyl (C=O) groups is 1. The van der Waals surface area contributed by atoms with Crippen molar-refractivity contribution in [3.63, 3.8) is 0 Å². The lowest BCUT2D eigenvalue weighted by molar-refractivity contribution is -0.118. The smallest absolute Gasteiger partial charge is 0.217 e.